The van der Waals surface area contributed by atoms with Gasteiger partial charge in [0, 0.05) is 0 Å². The van der Waals surface area contributed by atoms with Gasteiger partial charge in [-0.3, -0.25) is 4.79 Å². The van der Waals surface area contributed by atoms with Crippen molar-refractivity contribution in [3.05, 3.63) is 17.7 Å². The molecule has 2 N–H and O–H groups in total. The minimum atomic E-state index is -1.25. The van der Waals surface area contributed by atoms with Crippen LogP contribution in [0.1, 0.15) is 18.6 Å². The highest BCUT2D eigenvalue weighted by Crippen LogP contribution is 2.38. The molecule has 1 atom stereocenters. The van der Waals surface area contributed by atoms with Crippen LogP contribution in [0.5, 0.6) is 17.2 Å². The first-order chi connectivity index (χ1) is 7.51. The monoisotopic (exact) mass is 226 g/mol. The number of Topliss-reactive ketones (excluding diaryl/α,β-unsaturated/α-hetero) is 1. The van der Waals surface area contributed by atoms with Crippen molar-refractivity contribution in [3.8, 4) is 17.2 Å². The van der Waals surface area contributed by atoms with E-state index in [1.807, 2.05) is 0 Å². The van der Waals surface area contributed by atoms with Crippen LogP contribution in [0.3, 0.4) is 0 Å². The Balaban J connectivity index is 3.26. The lowest BCUT2D eigenvalue weighted by molar-refractivity contribution is -0.125. The van der Waals surface area contributed by atoms with Gasteiger partial charge in [0.15, 0.2) is 17.3 Å². The molecule has 5 heteroatoms. The molecule has 0 aliphatic carbocycles. The number of aliphatic hydroxyl groups excluding tert-OH is 1. The van der Waals surface area contributed by atoms with Crippen molar-refractivity contribution in [2.75, 3.05) is 14.2 Å². The molecule has 1 aromatic carbocycles. The number of aliphatic hydroxyl groups is 1. The Morgan fingerprint density at radius 1 is 1.25 bits per heavy atom. The molecule has 0 radical (unpaired) electrons. The standard InChI is InChI=1S/C11H14O5/c1-6(12)10(13)7-4-8(15-2)11(14)9(5-7)16-3/h4-5,10,13-14H,1-3H3. The number of carbonyl (C=O) groups is 1. The van der Waals surface area contributed by atoms with E-state index >= 15 is 0 Å². The van der Waals surface area contributed by atoms with E-state index in [4.69, 9.17) is 9.47 Å². The van der Waals surface area contributed by atoms with Crippen LogP contribution in [0, 0.1) is 0 Å². The number of phenols is 1. The molecule has 0 fully saturated rings. The summed E-state index contributed by atoms with van der Waals surface area (Å²) in [5.74, 6) is -0.261. The van der Waals surface area contributed by atoms with Gasteiger partial charge in [0.2, 0.25) is 5.75 Å². The van der Waals surface area contributed by atoms with Gasteiger partial charge < -0.3 is 19.7 Å². The minimum Gasteiger partial charge on any atom is -0.502 e. The SMILES string of the molecule is COc1cc(C(O)C(C)=O)cc(OC)c1O. The third-order valence-corrected chi connectivity index (χ3v) is 2.20. The number of phenolic OH excluding ortho intramolecular Hbond substituents is 1. The third kappa shape index (κ3) is 2.25. The van der Waals surface area contributed by atoms with Crippen LogP contribution in [0.15, 0.2) is 12.1 Å². The van der Waals surface area contributed by atoms with Crippen LogP contribution in [-0.4, -0.2) is 30.2 Å². The van der Waals surface area contributed by atoms with Crippen LogP contribution in [0.2, 0.25) is 0 Å². The van der Waals surface area contributed by atoms with Crippen molar-refractivity contribution in [1.29, 1.82) is 0 Å². The summed E-state index contributed by atoms with van der Waals surface area (Å²) in [5.41, 5.74) is 0.319. The van der Waals surface area contributed by atoms with Gasteiger partial charge in [0.05, 0.1) is 14.2 Å². The van der Waals surface area contributed by atoms with Gasteiger partial charge in [0.25, 0.3) is 0 Å². The Labute approximate surface area is 93.2 Å². The largest absolute Gasteiger partial charge is 0.502 e. The fraction of sp³-hybridized carbons (Fsp3) is 0.364. The van der Waals surface area contributed by atoms with E-state index < -0.39 is 11.9 Å². The summed E-state index contributed by atoms with van der Waals surface area (Å²) in [6.07, 6.45) is -1.25. The molecule has 0 spiro atoms. The maximum atomic E-state index is 11.0. The molecule has 1 aromatic rings. The maximum absolute atomic E-state index is 11.0. The van der Waals surface area contributed by atoms with Crippen molar-refractivity contribution in [3.63, 3.8) is 0 Å². The predicted molar refractivity (Wildman–Crippen MR) is 56.9 cm³/mol. The lowest BCUT2D eigenvalue weighted by atomic mass is 10.1. The molecule has 1 unspecified atom stereocenters. The molecule has 5 nitrogen and oxygen atoms in total. The normalized spacial score (nSPS) is 12.0. The second kappa shape index (κ2) is 4.85. The number of hydrogen-bond acceptors (Lipinski definition) is 5. The summed E-state index contributed by atoms with van der Waals surface area (Å²) in [4.78, 5) is 11.0. The molecule has 16 heavy (non-hydrogen) atoms. The van der Waals surface area contributed by atoms with Crippen LogP contribution < -0.4 is 9.47 Å². The number of benzene rings is 1. The van der Waals surface area contributed by atoms with Crippen molar-refractivity contribution in [2.24, 2.45) is 0 Å². The van der Waals surface area contributed by atoms with Gasteiger partial charge >= 0.3 is 0 Å². The zero-order chi connectivity index (χ0) is 12.3. The zero-order valence-electron chi connectivity index (χ0n) is 9.35. The average molecular weight is 226 g/mol. The van der Waals surface area contributed by atoms with E-state index in [1.54, 1.807) is 0 Å². The lowest BCUT2D eigenvalue weighted by Crippen LogP contribution is -2.08. The van der Waals surface area contributed by atoms with Crippen molar-refractivity contribution in [1.82, 2.24) is 0 Å². The van der Waals surface area contributed by atoms with Crippen molar-refractivity contribution in [2.45, 2.75) is 13.0 Å². The quantitative estimate of drug-likeness (QED) is 0.802. The third-order valence-electron chi connectivity index (χ3n) is 2.20. The second-order valence-corrected chi connectivity index (χ2v) is 3.29. The van der Waals surface area contributed by atoms with E-state index in [0.717, 1.165) is 0 Å². The highest BCUT2D eigenvalue weighted by atomic mass is 16.5. The van der Waals surface area contributed by atoms with Gasteiger partial charge in [0.1, 0.15) is 6.10 Å². The van der Waals surface area contributed by atoms with E-state index in [9.17, 15) is 15.0 Å². The van der Waals surface area contributed by atoms with E-state index in [0.29, 0.717) is 5.56 Å². The first-order valence-corrected chi connectivity index (χ1v) is 4.64. The predicted octanol–water partition coefficient (Wildman–Crippen LogP) is 1.03. The molecule has 0 aromatic heterocycles. The Hall–Kier alpha value is -1.75. The minimum absolute atomic E-state index is 0.148. The van der Waals surface area contributed by atoms with Crippen molar-refractivity contribution >= 4 is 5.78 Å². The number of rotatable bonds is 4. The first-order valence-electron chi connectivity index (χ1n) is 4.64. The number of hydrogen-bond donors (Lipinski definition) is 2. The van der Waals surface area contributed by atoms with E-state index in [1.165, 1.54) is 33.3 Å². The molecule has 1 rings (SSSR count). The van der Waals surface area contributed by atoms with Crippen LogP contribution in [0.25, 0.3) is 0 Å². The van der Waals surface area contributed by atoms with Gasteiger partial charge in [-0.1, -0.05) is 0 Å². The highest BCUT2D eigenvalue weighted by molar-refractivity contribution is 5.82. The number of aromatic hydroxyl groups is 1. The number of ketones is 1. The lowest BCUT2D eigenvalue weighted by Gasteiger charge is -2.13. The molecule has 0 amide bonds. The maximum Gasteiger partial charge on any atom is 0.200 e. The molecule has 0 aliphatic rings. The van der Waals surface area contributed by atoms with Crippen molar-refractivity contribution < 1.29 is 24.5 Å². The van der Waals surface area contributed by atoms with Crippen LogP contribution in [0.4, 0.5) is 0 Å². The molecule has 0 aliphatic heterocycles. The van der Waals surface area contributed by atoms with E-state index in [2.05, 4.69) is 0 Å². The number of ether oxygens (including phenoxy) is 2. The molecule has 0 bridgehead atoms. The summed E-state index contributed by atoms with van der Waals surface area (Å²) in [7, 11) is 2.75. The smallest absolute Gasteiger partial charge is 0.200 e. The van der Waals surface area contributed by atoms with Gasteiger partial charge in [-0.15, -0.1) is 0 Å². The Morgan fingerprint density at radius 3 is 2.00 bits per heavy atom. The molecular formula is C11H14O5. The average Bonchev–Trinajstić information content (AvgIpc) is 2.28. The Kier molecular flexibility index (Phi) is 3.73. The van der Waals surface area contributed by atoms with Crippen LogP contribution >= 0.6 is 0 Å². The molecule has 0 saturated heterocycles. The highest BCUT2D eigenvalue weighted by Gasteiger charge is 2.18. The number of methoxy groups -OCH3 is 2. The topological polar surface area (TPSA) is 76.0 Å². The van der Waals surface area contributed by atoms with Crippen LogP contribution in [-0.2, 0) is 4.79 Å². The first kappa shape index (κ1) is 12.3. The Morgan fingerprint density at radius 2 is 1.69 bits per heavy atom. The molecule has 0 saturated carbocycles. The molecule has 0 heterocycles. The summed E-state index contributed by atoms with van der Waals surface area (Å²) in [6.45, 7) is 1.27. The number of carbonyl (C=O) groups excluding carboxylic acids is 1. The summed E-state index contributed by atoms with van der Waals surface area (Å²) >= 11 is 0. The fourth-order valence-electron chi connectivity index (χ4n) is 1.31. The molecule has 88 valence electrons. The zero-order valence-corrected chi connectivity index (χ0v) is 9.35. The summed E-state index contributed by atoms with van der Waals surface area (Å²) in [6, 6.07) is 2.79. The summed E-state index contributed by atoms with van der Waals surface area (Å²) in [5, 5.41) is 19.2. The second-order valence-electron chi connectivity index (χ2n) is 3.29. The Bertz CT molecular complexity index is 374. The fourth-order valence-corrected chi connectivity index (χ4v) is 1.31. The summed E-state index contributed by atoms with van der Waals surface area (Å²) < 4.78 is 9.81. The van der Waals surface area contributed by atoms with Gasteiger partial charge in [-0.25, -0.2) is 0 Å². The van der Waals surface area contributed by atoms with Gasteiger partial charge in [-0.05, 0) is 24.6 Å². The van der Waals surface area contributed by atoms with E-state index in [-0.39, 0.29) is 17.2 Å². The molecular weight excluding hydrogens is 212 g/mol. The van der Waals surface area contributed by atoms with Gasteiger partial charge in [-0.2, -0.15) is 0 Å².